The van der Waals surface area contributed by atoms with Gasteiger partial charge in [-0.2, -0.15) is 0 Å². The van der Waals surface area contributed by atoms with Crippen LogP contribution in [0.4, 0.5) is 10.1 Å². The second-order valence-corrected chi connectivity index (χ2v) is 9.55. The van der Waals surface area contributed by atoms with Crippen LogP contribution in [0.3, 0.4) is 0 Å². The predicted molar refractivity (Wildman–Crippen MR) is 146 cm³/mol. The third-order valence-electron chi connectivity index (χ3n) is 5.24. The number of benzene rings is 3. The van der Waals surface area contributed by atoms with Gasteiger partial charge < -0.3 is 5.32 Å². The molecule has 7 nitrogen and oxygen atoms in total. The maximum atomic E-state index is 12.9. The van der Waals surface area contributed by atoms with Crippen molar-refractivity contribution in [1.29, 1.82) is 0 Å². The zero-order valence-corrected chi connectivity index (χ0v) is 21.4. The molecule has 0 aromatic heterocycles. The molecule has 0 fully saturated rings. The fraction of sp³-hybridized carbons (Fsp3) is 0.143. The van der Waals surface area contributed by atoms with Gasteiger partial charge in [-0.1, -0.05) is 45.0 Å². The summed E-state index contributed by atoms with van der Waals surface area (Å²) in [6, 6.07) is 19.4. The minimum atomic E-state index is -0.524. The van der Waals surface area contributed by atoms with Crippen molar-refractivity contribution in [3.8, 4) is 0 Å². The fourth-order valence-corrected chi connectivity index (χ4v) is 3.30. The van der Waals surface area contributed by atoms with Crippen molar-refractivity contribution in [1.82, 2.24) is 16.2 Å². The van der Waals surface area contributed by atoms with Crippen molar-refractivity contribution in [3.05, 3.63) is 107 Å². The highest BCUT2D eigenvalue weighted by Crippen LogP contribution is 2.22. The first-order chi connectivity index (χ1) is 17.5. The molecule has 9 heteroatoms. The average molecular weight is 519 g/mol. The van der Waals surface area contributed by atoms with Gasteiger partial charge in [0.05, 0.1) is 0 Å². The van der Waals surface area contributed by atoms with Gasteiger partial charge in [-0.3, -0.25) is 30.6 Å². The highest BCUT2D eigenvalue weighted by Gasteiger charge is 2.14. The first-order valence-corrected chi connectivity index (χ1v) is 11.8. The number of thiocarbonyl (C=S) groups is 1. The summed E-state index contributed by atoms with van der Waals surface area (Å²) < 4.78 is 12.9. The Kier molecular flexibility index (Phi) is 8.86. The van der Waals surface area contributed by atoms with Crippen LogP contribution in [0, 0.1) is 5.82 Å². The van der Waals surface area contributed by atoms with E-state index in [-0.39, 0.29) is 22.3 Å². The molecule has 0 heterocycles. The maximum absolute atomic E-state index is 12.9. The highest BCUT2D eigenvalue weighted by atomic mass is 32.1. The van der Waals surface area contributed by atoms with Crippen molar-refractivity contribution < 1.29 is 18.8 Å². The Labute approximate surface area is 220 Å². The first-order valence-electron chi connectivity index (χ1n) is 11.4. The van der Waals surface area contributed by atoms with Crippen LogP contribution in [0.25, 0.3) is 6.08 Å². The smallest absolute Gasteiger partial charge is 0.269 e. The Hall–Kier alpha value is -4.37. The number of carbonyl (C=O) groups is 3. The van der Waals surface area contributed by atoms with Crippen molar-refractivity contribution >= 4 is 46.8 Å². The van der Waals surface area contributed by atoms with E-state index in [1.54, 1.807) is 36.4 Å². The molecule has 0 aliphatic heterocycles. The van der Waals surface area contributed by atoms with Gasteiger partial charge in [-0.25, -0.2) is 4.39 Å². The Morgan fingerprint density at radius 2 is 1.35 bits per heavy atom. The first kappa shape index (κ1) is 27.2. The highest BCUT2D eigenvalue weighted by molar-refractivity contribution is 7.80. The van der Waals surface area contributed by atoms with Gasteiger partial charge >= 0.3 is 0 Å². The molecule has 0 bridgehead atoms. The lowest BCUT2D eigenvalue weighted by Gasteiger charge is -2.19. The lowest BCUT2D eigenvalue weighted by Crippen LogP contribution is -2.48. The lowest BCUT2D eigenvalue weighted by molar-refractivity contribution is -0.115. The van der Waals surface area contributed by atoms with Crippen LogP contribution in [0.15, 0.2) is 78.9 Å². The van der Waals surface area contributed by atoms with E-state index in [1.165, 1.54) is 36.4 Å². The summed E-state index contributed by atoms with van der Waals surface area (Å²) in [5, 5.41) is 5.08. The zero-order valence-electron chi connectivity index (χ0n) is 20.6. The summed E-state index contributed by atoms with van der Waals surface area (Å²) in [6.45, 7) is 6.32. The van der Waals surface area contributed by atoms with Crippen molar-refractivity contribution in [2.45, 2.75) is 26.2 Å². The van der Waals surface area contributed by atoms with E-state index in [2.05, 4.69) is 42.3 Å². The summed E-state index contributed by atoms with van der Waals surface area (Å²) in [6.07, 6.45) is 2.73. The largest absolute Gasteiger partial charge is 0.322 e. The number of rotatable bonds is 5. The fourth-order valence-electron chi connectivity index (χ4n) is 3.15. The molecule has 3 aromatic rings. The van der Waals surface area contributed by atoms with Crippen LogP contribution in [-0.2, 0) is 10.2 Å². The second-order valence-electron chi connectivity index (χ2n) is 9.14. The maximum Gasteiger partial charge on any atom is 0.269 e. The van der Waals surface area contributed by atoms with Crippen LogP contribution < -0.4 is 21.5 Å². The third-order valence-corrected chi connectivity index (χ3v) is 5.45. The standard InChI is InChI=1S/C28H27FN4O3S/c1-28(2,3)21-11-7-19(8-12-21)25(35)30-23-15-9-20(10-16-23)26(36)32-33-27(37)31-24(34)17-6-18-4-13-22(29)14-5-18/h4-17H,1-3H3,(H,30,35)(H,32,36)(H2,31,33,34,37)/b17-6+. The number of hydrazine groups is 1. The Bertz CT molecular complexity index is 1310. The normalized spacial score (nSPS) is 11.0. The van der Waals surface area contributed by atoms with E-state index in [0.29, 0.717) is 22.4 Å². The quantitative estimate of drug-likeness (QED) is 0.223. The molecular formula is C28H27FN4O3S. The summed E-state index contributed by atoms with van der Waals surface area (Å²) in [7, 11) is 0. The van der Waals surface area contributed by atoms with E-state index in [9.17, 15) is 18.8 Å². The number of carbonyl (C=O) groups excluding carboxylic acids is 3. The molecule has 3 amide bonds. The topological polar surface area (TPSA) is 99.3 Å². The van der Waals surface area contributed by atoms with Gasteiger partial charge in [0, 0.05) is 22.9 Å². The number of nitrogens with one attached hydrogen (secondary N) is 4. The third kappa shape index (κ3) is 8.36. The summed E-state index contributed by atoms with van der Waals surface area (Å²) in [4.78, 5) is 36.8. The molecule has 3 rings (SSSR count). The number of amides is 3. The van der Waals surface area contributed by atoms with E-state index in [4.69, 9.17) is 12.2 Å². The number of halogens is 1. The monoisotopic (exact) mass is 518 g/mol. The number of hydrogen-bond acceptors (Lipinski definition) is 4. The van der Waals surface area contributed by atoms with Crippen molar-refractivity contribution in [3.63, 3.8) is 0 Å². The minimum absolute atomic E-state index is 0.00215. The molecule has 0 atom stereocenters. The molecule has 190 valence electrons. The number of anilines is 1. The molecule has 0 saturated carbocycles. The van der Waals surface area contributed by atoms with E-state index >= 15 is 0 Å². The molecule has 0 radical (unpaired) electrons. The van der Waals surface area contributed by atoms with Crippen LogP contribution in [0.2, 0.25) is 0 Å². The molecule has 0 unspecified atom stereocenters. The van der Waals surface area contributed by atoms with Gasteiger partial charge in [0.15, 0.2) is 5.11 Å². The van der Waals surface area contributed by atoms with Crippen LogP contribution in [-0.4, -0.2) is 22.8 Å². The molecule has 0 aliphatic rings. The Morgan fingerprint density at radius 3 is 1.95 bits per heavy atom. The summed E-state index contributed by atoms with van der Waals surface area (Å²) in [5.41, 5.74) is 7.98. The van der Waals surface area contributed by atoms with Crippen LogP contribution >= 0.6 is 12.2 Å². The van der Waals surface area contributed by atoms with Gasteiger partial charge in [0.1, 0.15) is 5.82 Å². The minimum Gasteiger partial charge on any atom is -0.322 e. The number of hydrogen-bond donors (Lipinski definition) is 4. The average Bonchev–Trinajstić information content (AvgIpc) is 2.87. The molecule has 0 spiro atoms. The van der Waals surface area contributed by atoms with Gasteiger partial charge in [0.2, 0.25) is 5.91 Å². The van der Waals surface area contributed by atoms with Gasteiger partial charge in [-0.05, 0) is 83.4 Å². The molecule has 37 heavy (non-hydrogen) atoms. The SMILES string of the molecule is CC(C)(C)c1ccc(C(=O)Nc2ccc(C(=O)NNC(=S)NC(=O)/C=C/c3ccc(F)cc3)cc2)cc1. The molecule has 3 aromatic carbocycles. The zero-order chi connectivity index (χ0) is 27.0. The second kappa shape index (κ2) is 12.0. The molecular weight excluding hydrogens is 491 g/mol. The van der Waals surface area contributed by atoms with E-state index < -0.39 is 11.8 Å². The van der Waals surface area contributed by atoms with Crippen LogP contribution in [0.5, 0.6) is 0 Å². The van der Waals surface area contributed by atoms with Gasteiger partial charge in [0.25, 0.3) is 11.8 Å². The Morgan fingerprint density at radius 1 is 0.784 bits per heavy atom. The summed E-state index contributed by atoms with van der Waals surface area (Å²) >= 11 is 5.00. The van der Waals surface area contributed by atoms with Crippen molar-refractivity contribution in [2.75, 3.05) is 5.32 Å². The van der Waals surface area contributed by atoms with Crippen LogP contribution in [0.1, 0.15) is 52.6 Å². The molecule has 0 saturated heterocycles. The Balaban J connectivity index is 1.46. The molecule has 0 aliphatic carbocycles. The van der Waals surface area contributed by atoms with E-state index in [0.717, 1.165) is 5.56 Å². The van der Waals surface area contributed by atoms with Crippen molar-refractivity contribution in [2.24, 2.45) is 0 Å². The predicted octanol–water partition coefficient (Wildman–Crippen LogP) is 4.72. The summed E-state index contributed by atoms with van der Waals surface area (Å²) in [5.74, 6) is -1.64. The van der Waals surface area contributed by atoms with Gasteiger partial charge in [-0.15, -0.1) is 0 Å². The lowest BCUT2D eigenvalue weighted by atomic mass is 9.87. The molecule has 4 N–H and O–H groups in total. The van der Waals surface area contributed by atoms with E-state index in [1.807, 2.05) is 12.1 Å².